The molecule has 0 atom stereocenters. The molecule has 0 radical (unpaired) electrons. The third-order valence-electron chi connectivity index (χ3n) is 4.68. The van der Waals surface area contributed by atoms with Crippen LogP contribution >= 0.6 is 12.2 Å². The van der Waals surface area contributed by atoms with Crippen molar-refractivity contribution in [1.29, 1.82) is 0 Å². The summed E-state index contributed by atoms with van der Waals surface area (Å²) in [6.45, 7) is 6.76. The molecule has 3 nitrogen and oxygen atoms in total. The molecule has 1 saturated heterocycles. The second-order valence-electron chi connectivity index (χ2n) is 5.43. The number of thiocarbonyl (C=S) groups is 1. The minimum Gasteiger partial charge on any atom is -0.388 e. The summed E-state index contributed by atoms with van der Waals surface area (Å²) in [6, 6.07) is 4.03. The van der Waals surface area contributed by atoms with Crippen LogP contribution in [0.4, 0.5) is 5.69 Å². The van der Waals surface area contributed by atoms with Gasteiger partial charge in [0.1, 0.15) is 10.7 Å². The molecular formula is C15H23N3S. The lowest BCUT2D eigenvalue weighted by atomic mass is 9.74. The summed E-state index contributed by atoms with van der Waals surface area (Å²) in [7, 11) is 0. The topological polar surface area (TPSA) is 42.2 Å². The van der Waals surface area contributed by atoms with Crippen molar-refractivity contribution in [2.24, 2.45) is 11.1 Å². The van der Waals surface area contributed by atoms with E-state index in [0.29, 0.717) is 10.4 Å². The van der Waals surface area contributed by atoms with Crippen LogP contribution in [0.25, 0.3) is 0 Å². The molecule has 1 aromatic rings. The average Bonchev–Trinajstić information content (AvgIpc) is 2.47. The fourth-order valence-corrected chi connectivity index (χ4v) is 3.18. The van der Waals surface area contributed by atoms with Crippen LogP contribution in [0.15, 0.2) is 18.3 Å². The van der Waals surface area contributed by atoms with Gasteiger partial charge in [0.05, 0.1) is 5.69 Å². The normalized spacial score (nSPS) is 18.3. The number of anilines is 1. The number of rotatable bonds is 4. The first-order valence-electron chi connectivity index (χ1n) is 7.11. The van der Waals surface area contributed by atoms with E-state index in [-0.39, 0.29) is 0 Å². The first kappa shape index (κ1) is 14.3. The summed E-state index contributed by atoms with van der Waals surface area (Å²) in [5.74, 6) is 0. The Morgan fingerprint density at radius 2 is 2.00 bits per heavy atom. The van der Waals surface area contributed by atoms with Crippen LogP contribution in [-0.2, 0) is 0 Å². The van der Waals surface area contributed by atoms with Gasteiger partial charge in [-0.1, -0.05) is 38.9 Å². The molecule has 1 fully saturated rings. The van der Waals surface area contributed by atoms with E-state index in [4.69, 9.17) is 18.0 Å². The van der Waals surface area contributed by atoms with E-state index in [1.54, 1.807) is 6.20 Å². The lowest BCUT2D eigenvalue weighted by Gasteiger charge is -2.42. The molecule has 2 heterocycles. The Hall–Kier alpha value is -1.16. The van der Waals surface area contributed by atoms with Crippen molar-refractivity contribution in [2.45, 2.75) is 39.5 Å². The van der Waals surface area contributed by atoms with Gasteiger partial charge in [0.25, 0.3) is 0 Å². The van der Waals surface area contributed by atoms with Crippen molar-refractivity contribution >= 4 is 22.9 Å². The molecule has 104 valence electrons. The number of aromatic nitrogens is 1. The maximum Gasteiger partial charge on any atom is 0.124 e. The SMILES string of the molecule is CCC1(CC)CCN(c2cccnc2C(N)=S)CC1. The molecule has 0 saturated carbocycles. The Labute approximate surface area is 121 Å². The number of nitrogens with two attached hydrogens (primary N) is 1. The zero-order valence-corrected chi connectivity index (χ0v) is 12.7. The van der Waals surface area contributed by atoms with Crippen LogP contribution in [0.2, 0.25) is 0 Å². The number of piperidine rings is 1. The van der Waals surface area contributed by atoms with Crippen LogP contribution in [0.3, 0.4) is 0 Å². The Morgan fingerprint density at radius 3 is 2.53 bits per heavy atom. The molecular weight excluding hydrogens is 254 g/mol. The second-order valence-corrected chi connectivity index (χ2v) is 5.87. The van der Waals surface area contributed by atoms with Gasteiger partial charge in [0.15, 0.2) is 0 Å². The first-order valence-corrected chi connectivity index (χ1v) is 7.52. The Bertz CT molecular complexity index is 444. The van der Waals surface area contributed by atoms with Crippen LogP contribution in [0, 0.1) is 5.41 Å². The lowest BCUT2D eigenvalue weighted by Crippen LogP contribution is -2.40. The molecule has 0 bridgehead atoms. The number of nitrogens with zero attached hydrogens (tertiary/aromatic N) is 2. The zero-order valence-electron chi connectivity index (χ0n) is 11.9. The number of hydrogen-bond donors (Lipinski definition) is 1. The molecule has 19 heavy (non-hydrogen) atoms. The van der Waals surface area contributed by atoms with Gasteiger partial charge in [-0.3, -0.25) is 4.98 Å². The zero-order chi connectivity index (χ0) is 13.9. The maximum absolute atomic E-state index is 5.77. The van der Waals surface area contributed by atoms with Gasteiger partial charge in [0.2, 0.25) is 0 Å². The molecule has 0 spiro atoms. The number of pyridine rings is 1. The minimum absolute atomic E-state index is 0.387. The van der Waals surface area contributed by atoms with Gasteiger partial charge < -0.3 is 10.6 Å². The highest BCUT2D eigenvalue weighted by atomic mass is 32.1. The van der Waals surface area contributed by atoms with E-state index >= 15 is 0 Å². The summed E-state index contributed by atoms with van der Waals surface area (Å²) < 4.78 is 0. The highest BCUT2D eigenvalue weighted by molar-refractivity contribution is 7.80. The molecule has 2 N–H and O–H groups in total. The summed E-state index contributed by atoms with van der Waals surface area (Å²) >= 11 is 5.10. The Balaban J connectivity index is 2.16. The standard InChI is InChI=1S/C15H23N3S/c1-3-15(4-2)7-10-18(11-8-15)12-6-5-9-17-13(12)14(16)19/h5-6,9H,3-4,7-8,10-11H2,1-2H3,(H2,16,19). The lowest BCUT2D eigenvalue weighted by molar-refractivity contribution is 0.199. The monoisotopic (exact) mass is 277 g/mol. The van der Waals surface area contributed by atoms with Crippen LogP contribution in [0.1, 0.15) is 45.2 Å². The van der Waals surface area contributed by atoms with Crippen molar-refractivity contribution in [2.75, 3.05) is 18.0 Å². The van der Waals surface area contributed by atoms with Crippen molar-refractivity contribution in [3.05, 3.63) is 24.0 Å². The average molecular weight is 277 g/mol. The van der Waals surface area contributed by atoms with Crippen molar-refractivity contribution in [3.8, 4) is 0 Å². The summed E-state index contributed by atoms with van der Waals surface area (Å²) in [4.78, 5) is 7.09. The largest absolute Gasteiger partial charge is 0.388 e. The number of hydrogen-bond acceptors (Lipinski definition) is 3. The third-order valence-corrected chi connectivity index (χ3v) is 4.88. The van der Waals surface area contributed by atoms with Gasteiger partial charge >= 0.3 is 0 Å². The van der Waals surface area contributed by atoms with Gasteiger partial charge in [-0.2, -0.15) is 0 Å². The van der Waals surface area contributed by atoms with E-state index in [1.807, 2.05) is 6.07 Å². The minimum atomic E-state index is 0.387. The fraction of sp³-hybridized carbons (Fsp3) is 0.600. The van der Waals surface area contributed by atoms with E-state index in [9.17, 15) is 0 Å². The van der Waals surface area contributed by atoms with Crippen molar-refractivity contribution in [3.63, 3.8) is 0 Å². The van der Waals surface area contributed by atoms with E-state index in [2.05, 4.69) is 29.8 Å². The van der Waals surface area contributed by atoms with E-state index < -0.39 is 0 Å². The van der Waals surface area contributed by atoms with Crippen LogP contribution in [-0.4, -0.2) is 23.1 Å². The molecule has 0 aliphatic carbocycles. The molecule has 2 rings (SSSR count). The first-order chi connectivity index (χ1) is 9.12. The van der Waals surface area contributed by atoms with Gasteiger partial charge in [-0.25, -0.2) is 0 Å². The fourth-order valence-electron chi connectivity index (χ4n) is 3.02. The molecule has 0 unspecified atom stereocenters. The van der Waals surface area contributed by atoms with Gasteiger partial charge in [-0.05, 0) is 30.4 Å². The molecule has 1 aromatic heterocycles. The van der Waals surface area contributed by atoms with Crippen LogP contribution < -0.4 is 10.6 Å². The maximum atomic E-state index is 5.77. The molecule has 1 aliphatic rings. The van der Waals surface area contributed by atoms with Gasteiger partial charge in [-0.15, -0.1) is 0 Å². The summed E-state index contributed by atoms with van der Waals surface area (Å²) in [5, 5.41) is 0. The third kappa shape index (κ3) is 2.89. The predicted octanol–water partition coefficient (Wildman–Crippen LogP) is 3.12. The highest BCUT2D eigenvalue weighted by Gasteiger charge is 2.32. The summed E-state index contributed by atoms with van der Waals surface area (Å²) in [5.41, 5.74) is 8.15. The predicted molar refractivity (Wildman–Crippen MR) is 84.6 cm³/mol. The van der Waals surface area contributed by atoms with E-state index in [0.717, 1.165) is 24.5 Å². The smallest absolute Gasteiger partial charge is 0.124 e. The van der Waals surface area contributed by atoms with Crippen molar-refractivity contribution in [1.82, 2.24) is 4.98 Å². The van der Waals surface area contributed by atoms with E-state index in [1.165, 1.54) is 25.7 Å². The van der Waals surface area contributed by atoms with Crippen molar-refractivity contribution < 1.29 is 0 Å². The molecule has 0 amide bonds. The van der Waals surface area contributed by atoms with Gasteiger partial charge in [0, 0.05) is 19.3 Å². The second kappa shape index (κ2) is 5.87. The Kier molecular flexibility index (Phi) is 4.40. The molecule has 1 aliphatic heterocycles. The van der Waals surface area contributed by atoms with Crippen LogP contribution in [0.5, 0.6) is 0 Å². The highest BCUT2D eigenvalue weighted by Crippen LogP contribution is 2.39. The quantitative estimate of drug-likeness (QED) is 0.859. The summed E-state index contributed by atoms with van der Waals surface area (Å²) in [6.07, 6.45) is 6.78. The Morgan fingerprint density at radius 1 is 1.37 bits per heavy atom. The molecule has 4 heteroatoms. The molecule has 0 aromatic carbocycles.